The maximum Gasteiger partial charge on any atom is 0.259 e. The summed E-state index contributed by atoms with van der Waals surface area (Å²) in [6, 6.07) is 21.8. The van der Waals surface area contributed by atoms with Crippen LogP contribution in [0.25, 0.3) is 0 Å². The average molecular weight is 453 g/mol. The van der Waals surface area contributed by atoms with Crippen LogP contribution in [0.3, 0.4) is 0 Å². The van der Waals surface area contributed by atoms with Crippen molar-refractivity contribution in [3.63, 3.8) is 0 Å². The van der Waals surface area contributed by atoms with E-state index in [1.54, 1.807) is 36.4 Å². The van der Waals surface area contributed by atoms with Crippen molar-refractivity contribution in [1.82, 2.24) is 5.32 Å². The van der Waals surface area contributed by atoms with Gasteiger partial charge in [-0.1, -0.05) is 52.3 Å². The molecule has 3 aromatic carbocycles. The summed E-state index contributed by atoms with van der Waals surface area (Å²) in [6.45, 7) is 2.76. The first kappa shape index (κ1) is 20.6. The van der Waals surface area contributed by atoms with Crippen LogP contribution in [-0.4, -0.2) is 18.4 Å². The lowest BCUT2D eigenvalue weighted by Crippen LogP contribution is -2.23. The lowest BCUT2D eigenvalue weighted by atomic mass is 10.1. The smallest absolute Gasteiger partial charge is 0.259 e. The number of amides is 2. The molecule has 0 aromatic heterocycles. The van der Waals surface area contributed by atoms with Crippen molar-refractivity contribution in [2.45, 2.75) is 13.5 Å². The minimum atomic E-state index is -0.309. The minimum Gasteiger partial charge on any atom is -0.493 e. The molecule has 0 unspecified atom stereocenters. The number of anilines is 1. The second-order valence-corrected chi connectivity index (χ2v) is 7.19. The molecule has 6 heteroatoms. The van der Waals surface area contributed by atoms with Crippen LogP contribution in [0.15, 0.2) is 77.3 Å². The SMILES string of the molecule is CCOc1ccc(Br)cc1C(=O)Nc1cccc(C(=O)NCc2ccccc2)c1. The summed E-state index contributed by atoms with van der Waals surface area (Å²) < 4.78 is 6.32. The number of nitrogens with one attached hydrogen (secondary N) is 2. The van der Waals surface area contributed by atoms with Crippen LogP contribution in [0.1, 0.15) is 33.2 Å². The lowest BCUT2D eigenvalue weighted by molar-refractivity contribution is 0.0949. The van der Waals surface area contributed by atoms with Crippen molar-refractivity contribution >= 4 is 33.4 Å². The number of ether oxygens (including phenoxy) is 1. The van der Waals surface area contributed by atoms with Gasteiger partial charge >= 0.3 is 0 Å². The molecule has 3 rings (SSSR count). The molecule has 0 saturated heterocycles. The average Bonchev–Trinajstić information content (AvgIpc) is 2.74. The number of carbonyl (C=O) groups excluding carboxylic acids is 2. The molecule has 29 heavy (non-hydrogen) atoms. The van der Waals surface area contributed by atoms with Gasteiger partial charge in [-0.15, -0.1) is 0 Å². The Kier molecular flexibility index (Phi) is 7.03. The van der Waals surface area contributed by atoms with Crippen LogP contribution in [0, 0.1) is 0 Å². The summed E-state index contributed by atoms with van der Waals surface area (Å²) in [5.74, 6) is -0.0102. The van der Waals surface area contributed by atoms with Gasteiger partial charge in [-0.25, -0.2) is 0 Å². The molecule has 0 aliphatic heterocycles. The molecule has 0 spiro atoms. The zero-order valence-corrected chi connectivity index (χ0v) is 17.5. The second kappa shape index (κ2) is 9.89. The molecule has 0 fully saturated rings. The zero-order chi connectivity index (χ0) is 20.6. The van der Waals surface area contributed by atoms with E-state index in [2.05, 4.69) is 26.6 Å². The van der Waals surface area contributed by atoms with Crippen LogP contribution in [0.2, 0.25) is 0 Å². The predicted octanol–water partition coefficient (Wildman–Crippen LogP) is 5.03. The van der Waals surface area contributed by atoms with Crippen molar-refractivity contribution in [1.29, 1.82) is 0 Å². The van der Waals surface area contributed by atoms with Gasteiger partial charge in [-0.05, 0) is 48.9 Å². The predicted molar refractivity (Wildman–Crippen MR) is 117 cm³/mol. The van der Waals surface area contributed by atoms with Gasteiger partial charge in [0.1, 0.15) is 5.75 Å². The van der Waals surface area contributed by atoms with Crippen LogP contribution in [-0.2, 0) is 6.54 Å². The van der Waals surface area contributed by atoms with E-state index in [4.69, 9.17) is 4.74 Å². The number of benzene rings is 3. The quantitative estimate of drug-likeness (QED) is 0.528. The van der Waals surface area contributed by atoms with E-state index < -0.39 is 0 Å². The topological polar surface area (TPSA) is 67.4 Å². The zero-order valence-electron chi connectivity index (χ0n) is 15.9. The molecular formula is C23H21BrN2O3. The van der Waals surface area contributed by atoms with Gasteiger partial charge in [0.2, 0.25) is 0 Å². The second-order valence-electron chi connectivity index (χ2n) is 6.28. The standard InChI is InChI=1S/C23H21BrN2O3/c1-2-29-21-12-11-18(24)14-20(21)23(28)26-19-10-6-9-17(13-19)22(27)25-15-16-7-4-3-5-8-16/h3-14H,2,15H2,1H3,(H,25,27)(H,26,28). The number of hydrogen-bond donors (Lipinski definition) is 2. The van der Waals surface area contributed by atoms with Gasteiger partial charge in [0, 0.05) is 22.3 Å². The molecule has 0 bridgehead atoms. The van der Waals surface area contributed by atoms with Gasteiger partial charge in [-0.2, -0.15) is 0 Å². The third-order valence-corrected chi connectivity index (χ3v) is 4.66. The molecule has 2 amide bonds. The monoisotopic (exact) mass is 452 g/mol. The molecule has 0 aliphatic carbocycles. The largest absolute Gasteiger partial charge is 0.493 e. The molecule has 2 N–H and O–H groups in total. The summed E-state index contributed by atoms with van der Waals surface area (Å²) >= 11 is 3.38. The van der Waals surface area contributed by atoms with Crippen molar-refractivity contribution in [3.05, 3.63) is 94.0 Å². The van der Waals surface area contributed by atoms with E-state index in [1.807, 2.05) is 43.3 Å². The first-order chi connectivity index (χ1) is 14.1. The Hall–Kier alpha value is -3.12. The van der Waals surface area contributed by atoms with Crippen molar-refractivity contribution in [3.8, 4) is 5.75 Å². The molecular weight excluding hydrogens is 432 g/mol. The highest BCUT2D eigenvalue weighted by atomic mass is 79.9. The molecule has 0 heterocycles. The van der Waals surface area contributed by atoms with Gasteiger partial charge in [-0.3, -0.25) is 9.59 Å². The summed E-state index contributed by atoms with van der Waals surface area (Å²) in [7, 11) is 0. The molecule has 0 radical (unpaired) electrons. The van der Waals surface area contributed by atoms with E-state index in [9.17, 15) is 9.59 Å². The van der Waals surface area contributed by atoms with Crippen LogP contribution >= 0.6 is 15.9 Å². The number of carbonyl (C=O) groups is 2. The maximum absolute atomic E-state index is 12.7. The Labute approximate surface area is 178 Å². The summed E-state index contributed by atoms with van der Waals surface area (Å²) in [4.78, 5) is 25.2. The molecule has 3 aromatic rings. The van der Waals surface area contributed by atoms with Crippen LogP contribution in [0.4, 0.5) is 5.69 Å². The third-order valence-electron chi connectivity index (χ3n) is 4.16. The first-order valence-corrected chi connectivity index (χ1v) is 10.0. The van der Waals surface area contributed by atoms with E-state index in [0.717, 1.165) is 10.0 Å². The fraction of sp³-hybridized carbons (Fsp3) is 0.130. The molecule has 0 saturated carbocycles. The number of rotatable bonds is 7. The van der Waals surface area contributed by atoms with Gasteiger partial charge in [0.15, 0.2) is 0 Å². The first-order valence-electron chi connectivity index (χ1n) is 9.22. The highest BCUT2D eigenvalue weighted by molar-refractivity contribution is 9.10. The molecule has 0 atom stereocenters. The van der Waals surface area contributed by atoms with Crippen molar-refractivity contribution < 1.29 is 14.3 Å². The fourth-order valence-electron chi connectivity index (χ4n) is 2.78. The summed E-state index contributed by atoms with van der Waals surface area (Å²) in [5.41, 5.74) is 2.44. The molecule has 0 aliphatic rings. The highest BCUT2D eigenvalue weighted by Crippen LogP contribution is 2.24. The summed E-state index contributed by atoms with van der Waals surface area (Å²) in [5, 5.41) is 5.72. The van der Waals surface area contributed by atoms with Gasteiger partial charge in [0.25, 0.3) is 11.8 Å². The van der Waals surface area contributed by atoms with Gasteiger partial charge in [0.05, 0.1) is 12.2 Å². The van der Waals surface area contributed by atoms with Crippen LogP contribution in [0.5, 0.6) is 5.75 Å². The summed E-state index contributed by atoms with van der Waals surface area (Å²) in [6.07, 6.45) is 0. The Morgan fingerprint density at radius 2 is 1.72 bits per heavy atom. The van der Waals surface area contributed by atoms with E-state index in [1.165, 1.54) is 0 Å². The number of halogens is 1. The van der Waals surface area contributed by atoms with Crippen LogP contribution < -0.4 is 15.4 Å². The Morgan fingerprint density at radius 1 is 0.931 bits per heavy atom. The Morgan fingerprint density at radius 3 is 2.48 bits per heavy atom. The molecule has 148 valence electrons. The van der Waals surface area contributed by atoms with E-state index >= 15 is 0 Å². The normalized spacial score (nSPS) is 10.3. The Balaban J connectivity index is 1.70. The fourth-order valence-corrected chi connectivity index (χ4v) is 3.14. The lowest BCUT2D eigenvalue weighted by Gasteiger charge is -2.12. The minimum absolute atomic E-state index is 0.206. The van der Waals surface area contributed by atoms with E-state index in [-0.39, 0.29) is 11.8 Å². The van der Waals surface area contributed by atoms with Crippen molar-refractivity contribution in [2.24, 2.45) is 0 Å². The van der Waals surface area contributed by atoms with Gasteiger partial charge < -0.3 is 15.4 Å². The maximum atomic E-state index is 12.7. The van der Waals surface area contributed by atoms with E-state index in [0.29, 0.717) is 35.7 Å². The Bertz CT molecular complexity index is 1010. The van der Waals surface area contributed by atoms with Crippen molar-refractivity contribution in [2.75, 3.05) is 11.9 Å². The molecule has 5 nitrogen and oxygen atoms in total. The third kappa shape index (κ3) is 5.68. The number of hydrogen-bond acceptors (Lipinski definition) is 3. The highest BCUT2D eigenvalue weighted by Gasteiger charge is 2.14.